The summed E-state index contributed by atoms with van der Waals surface area (Å²) in [5, 5.41) is 3.63. The van der Waals surface area contributed by atoms with Gasteiger partial charge in [0.05, 0.1) is 11.2 Å². The van der Waals surface area contributed by atoms with Gasteiger partial charge in [0.1, 0.15) is 0 Å². The fourth-order valence-electron chi connectivity index (χ4n) is 1.75. The molecule has 1 fully saturated rings. The topological polar surface area (TPSA) is 24.9 Å². The van der Waals surface area contributed by atoms with Crippen molar-refractivity contribution in [3.63, 3.8) is 0 Å². The van der Waals surface area contributed by atoms with E-state index in [0.717, 1.165) is 6.54 Å². The van der Waals surface area contributed by atoms with Crippen molar-refractivity contribution in [3.8, 4) is 0 Å². The van der Waals surface area contributed by atoms with Crippen LogP contribution in [0.3, 0.4) is 0 Å². The molecule has 0 aromatic carbocycles. The summed E-state index contributed by atoms with van der Waals surface area (Å²) in [6, 6.07) is 0.446. The molecule has 2 nitrogen and oxygen atoms in total. The van der Waals surface area contributed by atoms with Gasteiger partial charge >= 0.3 is 0 Å². The molecular formula is C11H18N2S2. The third kappa shape index (κ3) is 2.55. The normalized spacial score (nSPS) is 20.2. The van der Waals surface area contributed by atoms with Gasteiger partial charge in [-0.15, -0.1) is 11.3 Å². The molecular weight excluding hydrogens is 224 g/mol. The van der Waals surface area contributed by atoms with E-state index >= 15 is 0 Å². The first-order chi connectivity index (χ1) is 7.17. The molecule has 1 aliphatic carbocycles. The highest BCUT2D eigenvalue weighted by atomic mass is 32.2. The molecule has 1 unspecified atom stereocenters. The molecule has 0 bridgehead atoms. The Balaban J connectivity index is 1.88. The Labute approximate surface area is 99.9 Å². The summed E-state index contributed by atoms with van der Waals surface area (Å²) in [6.07, 6.45) is 4.96. The fraction of sp³-hybridized carbons (Fsp3) is 0.727. The second kappa shape index (κ2) is 4.44. The lowest BCUT2D eigenvalue weighted by atomic mass is 10.2. The Hall–Kier alpha value is -0.0600. The molecule has 1 atom stereocenters. The molecule has 1 N–H and O–H groups in total. The Morgan fingerprint density at radius 1 is 1.67 bits per heavy atom. The van der Waals surface area contributed by atoms with Crippen molar-refractivity contribution in [1.29, 1.82) is 0 Å². The Bertz CT molecular complexity index is 331. The Morgan fingerprint density at radius 3 is 2.87 bits per heavy atom. The van der Waals surface area contributed by atoms with Crippen LogP contribution in [0.25, 0.3) is 0 Å². The van der Waals surface area contributed by atoms with Gasteiger partial charge in [0.25, 0.3) is 0 Å². The molecule has 0 amide bonds. The van der Waals surface area contributed by atoms with Crippen molar-refractivity contribution in [1.82, 2.24) is 10.3 Å². The van der Waals surface area contributed by atoms with E-state index in [2.05, 4.69) is 30.4 Å². The van der Waals surface area contributed by atoms with Crippen LogP contribution in [0.1, 0.15) is 36.4 Å². The fourth-order valence-corrected chi connectivity index (χ4v) is 3.32. The SMILES string of the molecule is CSC1(CNC(C)c2scnc2C)CC1. The molecule has 0 saturated heterocycles. The van der Waals surface area contributed by atoms with Crippen LogP contribution in [0.2, 0.25) is 0 Å². The minimum absolute atomic E-state index is 0.446. The maximum atomic E-state index is 4.29. The number of aromatic nitrogens is 1. The third-order valence-corrected chi connectivity index (χ3v) is 5.68. The standard InChI is InChI=1S/C11H18N2S2/c1-8(10-9(2)13-7-15-10)12-6-11(14-3)4-5-11/h7-8,12H,4-6H2,1-3H3. The molecule has 1 aromatic rings. The molecule has 15 heavy (non-hydrogen) atoms. The van der Waals surface area contributed by atoms with Gasteiger partial charge in [-0.2, -0.15) is 11.8 Å². The number of aryl methyl sites for hydroxylation is 1. The van der Waals surface area contributed by atoms with E-state index in [1.54, 1.807) is 11.3 Å². The molecule has 1 heterocycles. The minimum atomic E-state index is 0.446. The first-order valence-corrected chi connectivity index (χ1v) is 7.46. The van der Waals surface area contributed by atoms with Crippen LogP contribution in [0.5, 0.6) is 0 Å². The maximum Gasteiger partial charge on any atom is 0.0798 e. The van der Waals surface area contributed by atoms with Gasteiger partial charge in [0.2, 0.25) is 0 Å². The monoisotopic (exact) mass is 242 g/mol. The second-order valence-electron chi connectivity index (χ2n) is 4.29. The zero-order valence-electron chi connectivity index (χ0n) is 9.54. The number of nitrogens with zero attached hydrogens (tertiary/aromatic N) is 1. The van der Waals surface area contributed by atoms with Crippen LogP contribution in [0, 0.1) is 6.92 Å². The summed E-state index contributed by atoms with van der Waals surface area (Å²) in [4.78, 5) is 5.67. The summed E-state index contributed by atoms with van der Waals surface area (Å²) in [5.74, 6) is 0. The summed E-state index contributed by atoms with van der Waals surface area (Å²) >= 11 is 3.76. The molecule has 1 aliphatic rings. The van der Waals surface area contributed by atoms with Gasteiger partial charge < -0.3 is 5.32 Å². The molecule has 2 rings (SSSR count). The maximum absolute atomic E-state index is 4.29. The molecule has 0 radical (unpaired) electrons. The highest BCUT2D eigenvalue weighted by molar-refractivity contribution is 8.00. The zero-order valence-corrected chi connectivity index (χ0v) is 11.2. The van der Waals surface area contributed by atoms with Crippen LogP contribution in [0.4, 0.5) is 0 Å². The summed E-state index contributed by atoms with van der Waals surface area (Å²) in [5.41, 5.74) is 3.11. The van der Waals surface area contributed by atoms with E-state index in [9.17, 15) is 0 Å². The molecule has 1 saturated carbocycles. The first kappa shape index (κ1) is 11.4. The van der Waals surface area contributed by atoms with E-state index in [0.29, 0.717) is 10.8 Å². The first-order valence-electron chi connectivity index (χ1n) is 5.35. The van der Waals surface area contributed by atoms with E-state index < -0.39 is 0 Å². The smallest absolute Gasteiger partial charge is 0.0798 e. The van der Waals surface area contributed by atoms with E-state index in [4.69, 9.17) is 0 Å². The lowest BCUT2D eigenvalue weighted by Gasteiger charge is -2.17. The van der Waals surface area contributed by atoms with E-state index in [1.165, 1.54) is 23.4 Å². The average molecular weight is 242 g/mol. The predicted octanol–water partition coefficient (Wildman–Crippen LogP) is 3.00. The van der Waals surface area contributed by atoms with Crippen LogP contribution in [-0.2, 0) is 0 Å². The molecule has 84 valence electrons. The van der Waals surface area contributed by atoms with Gasteiger partial charge in [-0.05, 0) is 32.9 Å². The number of rotatable bonds is 5. The molecule has 4 heteroatoms. The summed E-state index contributed by atoms with van der Waals surface area (Å²) < 4.78 is 0.548. The predicted molar refractivity (Wildman–Crippen MR) is 68.7 cm³/mol. The average Bonchev–Trinajstić information content (AvgIpc) is 2.91. The van der Waals surface area contributed by atoms with Gasteiger partial charge in [-0.25, -0.2) is 4.98 Å². The van der Waals surface area contributed by atoms with Crippen LogP contribution in [-0.4, -0.2) is 22.5 Å². The van der Waals surface area contributed by atoms with Crippen LogP contribution >= 0.6 is 23.1 Å². The number of hydrogen-bond acceptors (Lipinski definition) is 4. The van der Waals surface area contributed by atoms with Crippen molar-refractivity contribution in [3.05, 3.63) is 16.1 Å². The van der Waals surface area contributed by atoms with Gasteiger partial charge in [-0.3, -0.25) is 0 Å². The van der Waals surface area contributed by atoms with Gasteiger partial charge in [0, 0.05) is 22.2 Å². The lowest BCUT2D eigenvalue weighted by Crippen LogP contribution is -2.28. The third-order valence-electron chi connectivity index (χ3n) is 3.15. The summed E-state index contributed by atoms with van der Waals surface area (Å²) in [6.45, 7) is 5.45. The highest BCUT2D eigenvalue weighted by Gasteiger charge is 2.41. The molecule has 0 aliphatic heterocycles. The number of thioether (sulfide) groups is 1. The summed E-state index contributed by atoms with van der Waals surface area (Å²) in [7, 11) is 0. The number of nitrogens with one attached hydrogen (secondary N) is 1. The van der Waals surface area contributed by atoms with Gasteiger partial charge in [0.15, 0.2) is 0 Å². The van der Waals surface area contributed by atoms with Crippen LogP contribution < -0.4 is 5.32 Å². The quantitative estimate of drug-likeness (QED) is 0.859. The van der Waals surface area contributed by atoms with Crippen LogP contribution in [0.15, 0.2) is 5.51 Å². The number of thiazole rings is 1. The highest BCUT2D eigenvalue weighted by Crippen LogP contribution is 2.46. The second-order valence-corrected chi connectivity index (χ2v) is 6.45. The lowest BCUT2D eigenvalue weighted by molar-refractivity contribution is 0.567. The van der Waals surface area contributed by atoms with E-state index in [1.807, 2.05) is 17.3 Å². The minimum Gasteiger partial charge on any atom is -0.308 e. The van der Waals surface area contributed by atoms with Crippen molar-refractivity contribution in [2.45, 2.75) is 37.5 Å². The van der Waals surface area contributed by atoms with Crippen molar-refractivity contribution >= 4 is 23.1 Å². The van der Waals surface area contributed by atoms with Crippen molar-refractivity contribution in [2.75, 3.05) is 12.8 Å². The van der Waals surface area contributed by atoms with Crippen molar-refractivity contribution < 1.29 is 0 Å². The number of hydrogen-bond donors (Lipinski definition) is 1. The van der Waals surface area contributed by atoms with Crippen molar-refractivity contribution in [2.24, 2.45) is 0 Å². The van der Waals surface area contributed by atoms with Gasteiger partial charge in [-0.1, -0.05) is 0 Å². The Kier molecular flexibility index (Phi) is 3.38. The Morgan fingerprint density at radius 2 is 2.40 bits per heavy atom. The molecule has 0 spiro atoms. The largest absolute Gasteiger partial charge is 0.308 e. The van der Waals surface area contributed by atoms with E-state index in [-0.39, 0.29) is 0 Å². The zero-order chi connectivity index (χ0) is 10.9. The molecule has 1 aromatic heterocycles.